The number of terminal acetylenes is 1. The van der Waals surface area contributed by atoms with Crippen LogP contribution < -0.4 is 19.7 Å². The lowest BCUT2D eigenvalue weighted by Gasteiger charge is -2.26. The highest BCUT2D eigenvalue weighted by atomic mass is 16.5. The minimum atomic E-state index is -0.823. The smallest absolute Gasteiger partial charge is 0.335 e. The molecule has 1 aliphatic heterocycles. The molecular formula is C27H20N2O5. The summed E-state index contributed by atoms with van der Waals surface area (Å²) < 4.78 is 11.1. The zero-order chi connectivity index (χ0) is 23.9. The number of nitrogens with zero attached hydrogens (tertiary/aromatic N) is 1. The van der Waals surface area contributed by atoms with Gasteiger partial charge in [0.25, 0.3) is 11.8 Å². The van der Waals surface area contributed by atoms with E-state index >= 15 is 0 Å². The zero-order valence-electron chi connectivity index (χ0n) is 18.1. The minimum Gasteiger partial charge on any atom is -0.489 e. The highest BCUT2D eigenvalue weighted by Crippen LogP contribution is 2.25. The summed E-state index contributed by atoms with van der Waals surface area (Å²) in [6.45, 7) is 0.474. The SMILES string of the molecule is C#CCOc1cccc(C=C2C(=O)NC(=O)N(c3ccc(OCc4ccccc4)cc3)C2=O)c1. The number of carbonyl (C=O) groups excluding carboxylic acids is 3. The Morgan fingerprint density at radius 1 is 0.882 bits per heavy atom. The van der Waals surface area contributed by atoms with Crippen LogP contribution in [0.15, 0.2) is 84.4 Å². The molecule has 1 heterocycles. The number of hydrogen-bond donors (Lipinski definition) is 1. The maximum atomic E-state index is 13.1. The second-order valence-electron chi connectivity index (χ2n) is 7.29. The Balaban J connectivity index is 1.53. The maximum Gasteiger partial charge on any atom is 0.335 e. The van der Waals surface area contributed by atoms with Gasteiger partial charge < -0.3 is 9.47 Å². The van der Waals surface area contributed by atoms with Gasteiger partial charge in [-0.1, -0.05) is 48.4 Å². The highest BCUT2D eigenvalue weighted by molar-refractivity contribution is 6.39. The monoisotopic (exact) mass is 452 g/mol. The van der Waals surface area contributed by atoms with E-state index in [0.29, 0.717) is 29.4 Å². The Bertz CT molecular complexity index is 1290. The summed E-state index contributed by atoms with van der Waals surface area (Å²) in [6, 6.07) is 22.1. The van der Waals surface area contributed by atoms with Gasteiger partial charge in [-0.05, 0) is 53.6 Å². The van der Waals surface area contributed by atoms with E-state index in [1.807, 2.05) is 30.3 Å². The van der Waals surface area contributed by atoms with Crippen LogP contribution in [0.2, 0.25) is 0 Å². The van der Waals surface area contributed by atoms with Gasteiger partial charge in [0.1, 0.15) is 30.3 Å². The number of imide groups is 2. The van der Waals surface area contributed by atoms with Gasteiger partial charge >= 0.3 is 6.03 Å². The van der Waals surface area contributed by atoms with E-state index in [9.17, 15) is 14.4 Å². The number of amides is 4. The van der Waals surface area contributed by atoms with Gasteiger partial charge in [0.2, 0.25) is 0 Å². The number of hydrogen-bond acceptors (Lipinski definition) is 5. The van der Waals surface area contributed by atoms with Gasteiger partial charge in [0.15, 0.2) is 0 Å². The van der Waals surface area contributed by atoms with Crippen molar-refractivity contribution in [1.29, 1.82) is 0 Å². The standard InChI is InChI=1S/C27H20N2O5/c1-2-15-33-23-10-6-9-20(16-23)17-24-25(30)28-27(32)29(26(24)31)21-11-13-22(14-12-21)34-18-19-7-4-3-5-8-19/h1,3-14,16-17H,15,18H2,(H,28,30,32). The van der Waals surface area contributed by atoms with Gasteiger partial charge in [-0.25, -0.2) is 9.69 Å². The van der Waals surface area contributed by atoms with E-state index in [1.54, 1.807) is 48.5 Å². The molecule has 1 aliphatic rings. The normalized spacial score (nSPS) is 14.5. The second-order valence-corrected chi connectivity index (χ2v) is 7.29. The number of nitrogens with one attached hydrogen (secondary N) is 1. The molecule has 4 amide bonds. The van der Waals surface area contributed by atoms with Crippen LogP contribution in [0.4, 0.5) is 10.5 Å². The van der Waals surface area contributed by atoms with Crippen LogP contribution in [0.3, 0.4) is 0 Å². The largest absolute Gasteiger partial charge is 0.489 e. The molecule has 0 aliphatic carbocycles. The molecule has 0 bridgehead atoms. The second kappa shape index (κ2) is 10.2. The van der Waals surface area contributed by atoms with Crippen LogP contribution >= 0.6 is 0 Å². The molecule has 34 heavy (non-hydrogen) atoms. The summed E-state index contributed by atoms with van der Waals surface area (Å²) >= 11 is 0. The molecule has 0 aromatic heterocycles. The van der Waals surface area contributed by atoms with Crippen LogP contribution in [0.1, 0.15) is 11.1 Å². The lowest BCUT2D eigenvalue weighted by molar-refractivity contribution is -0.122. The molecule has 0 spiro atoms. The highest BCUT2D eigenvalue weighted by Gasteiger charge is 2.36. The number of carbonyl (C=O) groups is 3. The summed E-state index contributed by atoms with van der Waals surface area (Å²) in [5, 5.41) is 2.21. The molecular weight excluding hydrogens is 432 g/mol. The van der Waals surface area contributed by atoms with Crippen LogP contribution in [0, 0.1) is 12.3 Å². The maximum absolute atomic E-state index is 13.1. The number of rotatable bonds is 7. The van der Waals surface area contributed by atoms with Crippen molar-refractivity contribution in [2.45, 2.75) is 6.61 Å². The van der Waals surface area contributed by atoms with Crippen molar-refractivity contribution < 1.29 is 23.9 Å². The van der Waals surface area contributed by atoms with Crippen LogP contribution in [0.5, 0.6) is 11.5 Å². The van der Waals surface area contributed by atoms with E-state index < -0.39 is 17.8 Å². The minimum absolute atomic E-state index is 0.0901. The Labute approximate surface area is 196 Å². The molecule has 1 saturated heterocycles. The van der Waals surface area contributed by atoms with E-state index in [-0.39, 0.29) is 12.2 Å². The Kier molecular flexibility index (Phi) is 6.70. The molecule has 0 atom stereocenters. The van der Waals surface area contributed by atoms with Crippen LogP contribution in [-0.4, -0.2) is 24.5 Å². The quantitative estimate of drug-likeness (QED) is 0.333. The van der Waals surface area contributed by atoms with Crippen molar-refractivity contribution in [3.8, 4) is 23.8 Å². The lowest BCUT2D eigenvalue weighted by atomic mass is 10.1. The summed E-state index contributed by atoms with van der Waals surface area (Å²) in [5.74, 6) is 1.93. The number of urea groups is 1. The molecule has 7 heteroatoms. The zero-order valence-corrected chi connectivity index (χ0v) is 18.1. The van der Waals surface area contributed by atoms with Crippen LogP contribution in [0.25, 0.3) is 6.08 Å². The number of barbiturate groups is 1. The number of benzene rings is 3. The third-order valence-corrected chi connectivity index (χ3v) is 4.94. The molecule has 3 aromatic carbocycles. The molecule has 0 saturated carbocycles. The van der Waals surface area contributed by atoms with E-state index in [2.05, 4.69) is 11.2 Å². The molecule has 168 valence electrons. The van der Waals surface area contributed by atoms with Crippen molar-refractivity contribution >= 4 is 29.6 Å². The first-order chi connectivity index (χ1) is 16.5. The fourth-order valence-electron chi connectivity index (χ4n) is 3.31. The predicted molar refractivity (Wildman–Crippen MR) is 127 cm³/mol. The van der Waals surface area contributed by atoms with Gasteiger partial charge in [-0.3, -0.25) is 14.9 Å². The number of anilines is 1. The van der Waals surface area contributed by atoms with Crippen molar-refractivity contribution in [1.82, 2.24) is 5.32 Å². The van der Waals surface area contributed by atoms with E-state index in [0.717, 1.165) is 10.5 Å². The third-order valence-electron chi connectivity index (χ3n) is 4.94. The van der Waals surface area contributed by atoms with Crippen molar-refractivity contribution in [3.05, 3.63) is 95.6 Å². The fourth-order valence-corrected chi connectivity index (χ4v) is 3.31. The Hall–Kier alpha value is -4.83. The topological polar surface area (TPSA) is 84.9 Å². The van der Waals surface area contributed by atoms with E-state index in [1.165, 1.54) is 6.08 Å². The third kappa shape index (κ3) is 5.14. The molecule has 0 radical (unpaired) electrons. The Morgan fingerprint density at radius 2 is 1.65 bits per heavy atom. The van der Waals surface area contributed by atoms with Crippen molar-refractivity contribution in [2.75, 3.05) is 11.5 Å². The molecule has 3 aromatic rings. The Morgan fingerprint density at radius 3 is 2.38 bits per heavy atom. The van der Waals surface area contributed by atoms with Gasteiger partial charge in [0.05, 0.1) is 5.69 Å². The van der Waals surface area contributed by atoms with E-state index in [4.69, 9.17) is 15.9 Å². The average molecular weight is 452 g/mol. The molecule has 7 nitrogen and oxygen atoms in total. The van der Waals surface area contributed by atoms with Gasteiger partial charge in [0, 0.05) is 0 Å². The predicted octanol–water partition coefficient (Wildman–Crippen LogP) is 3.94. The first kappa shape index (κ1) is 22.4. The lowest BCUT2D eigenvalue weighted by Crippen LogP contribution is -2.54. The summed E-state index contributed by atoms with van der Waals surface area (Å²) in [4.78, 5) is 38.9. The van der Waals surface area contributed by atoms with Crippen molar-refractivity contribution in [3.63, 3.8) is 0 Å². The number of ether oxygens (including phenoxy) is 2. The van der Waals surface area contributed by atoms with Crippen LogP contribution in [-0.2, 0) is 16.2 Å². The first-order valence-corrected chi connectivity index (χ1v) is 10.4. The fraction of sp³-hybridized carbons (Fsp3) is 0.0741. The summed E-state index contributed by atoms with van der Waals surface area (Å²) in [7, 11) is 0. The molecule has 0 unspecified atom stereocenters. The van der Waals surface area contributed by atoms with Gasteiger partial charge in [-0.2, -0.15) is 0 Å². The summed E-state index contributed by atoms with van der Waals surface area (Å²) in [6.07, 6.45) is 6.61. The molecule has 4 rings (SSSR count). The summed E-state index contributed by atoms with van der Waals surface area (Å²) in [5.41, 5.74) is 1.68. The molecule has 1 fully saturated rings. The van der Waals surface area contributed by atoms with Gasteiger partial charge in [-0.15, -0.1) is 6.42 Å². The first-order valence-electron chi connectivity index (χ1n) is 10.4. The van der Waals surface area contributed by atoms with Crippen molar-refractivity contribution in [2.24, 2.45) is 0 Å². The average Bonchev–Trinajstić information content (AvgIpc) is 2.85. The molecule has 1 N–H and O–H groups in total.